The molecule has 0 amide bonds. The maximum atomic E-state index is 5.72. The van der Waals surface area contributed by atoms with Gasteiger partial charge in [-0.05, 0) is 49.3 Å². The minimum Gasteiger partial charge on any atom is -0.372 e. The highest BCUT2D eigenvalue weighted by atomic mass is 15.1. The Bertz CT molecular complexity index is 367. The van der Waals surface area contributed by atoms with Crippen molar-refractivity contribution in [1.29, 1.82) is 0 Å². The largest absolute Gasteiger partial charge is 0.372 e. The molecule has 0 radical (unpaired) electrons. The Kier molecular flexibility index (Phi) is 4.65. The summed E-state index contributed by atoms with van der Waals surface area (Å²) in [6.45, 7) is 2.95. The Hall–Kier alpha value is -1.02. The molecule has 1 fully saturated rings. The Morgan fingerprint density at radius 1 is 1.22 bits per heavy atom. The summed E-state index contributed by atoms with van der Waals surface area (Å²) in [5.41, 5.74) is 8.26. The fourth-order valence-corrected chi connectivity index (χ4v) is 3.05. The zero-order valence-corrected chi connectivity index (χ0v) is 11.7. The van der Waals surface area contributed by atoms with Gasteiger partial charge in [-0.15, -0.1) is 0 Å². The van der Waals surface area contributed by atoms with E-state index in [2.05, 4.69) is 43.1 Å². The van der Waals surface area contributed by atoms with E-state index in [9.17, 15) is 0 Å². The summed E-state index contributed by atoms with van der Waals surface area (Å²) in [5.74, 6) is 0.963. The van der Waals surface area contributed by atoms with Gasteiger partial charge in [-0.2, -0.15) is 0 Å². The molecule has 0 saturated heterocycles. The van der Waals surface area contributed by atoms with Crippen LogP contribution in [-0.4, -0.2) is 13.1 Å². The lowest BCUT2D eigenvalue weighted by Gasteiger charge is -2.36. The van der Waals surface area contributed by atoms with E-state index in [4.69, 9.17) is 5.73 Å². The van der Waals surface area contributed by atoms with Gasteiger partial charge in [-0.1, -0.05) is 25.5 Å². The van der Waals surface area contributed by atoms with Gasteiger partial charge in [0.1, 0.15) is 0 Å². The average molecular weight is 246 g/mol. The molecule has 2 heteroatoms. The van der Waals surface area contributed by atoms with E-state index in [1.807, 2.05) is 0 Å². The van der Waals surface area contributed by atoms with Crippen LogP contribution in [0.5, 0.6) is 0 Å². The summed E-state index contributed by atoms with van der Waals surface area (Å²) >= 11 is 0. The summed E-state index contributed by atoms with van der Waals surface area (Å²) in [5, 5.41) is 0. The third-order valence-electron chi connectivity index (χ3n) is 4.49. The molecule has 100 valence electrons. The molecule has 2 N–H and O–H groups in total. The first kappa shape index (κ1) is 13.4. The molecule has 2 nitrogen and oxygen atoms in total. The standard InChI is InChI=1S/C16H26N2/c1-3-13-7-9-15(10-8-13)18(2)16-6-4-5-14(11-16)12-17/h4-6,11,13,15H,3,7-10,12,17H2,1-2H3. The zero-order chi connectivity index (χ0) is 13.0. The lowest BCUT2D eigenvalue weighted by atomic mass is 9.84. The summed E-state index contributed by atoms with van der Waals surface area (Å²) in [7, 11) is 2.23. The molecule has 0 bridgehead atoms. The van der Waals surface area contributed by atoms with Gasteiger partial charge in [0, 0.05) is 25.3 Å². The first-order valence-corrected chi connectivity index (χ1v) is 7.26. The Morgan fingerprint density at radius 3 is 2.56 bits per heavy atom. The minimum absolute atomic E-state index is 0.629. The predicted octanol–water partition coefficient (Wildman–Crippen LogP) is 3.55. The van der Waals surface area contributed by atoms with Crippen molar-refractivity contribution in [2.45, 2.75) is 51.6 Å². The van der Waals surface area contributed by atoms with Crippen molar-refractivity contribution in [3.8, 4) is 0 Å². The predicted molar refractivity (Wildman–Crippen MR) is 78.8 cm³/mol. The van der Waals surface area contributed by atoms with Gasteiger partial charge in [0.05, 0.1) is 0 Å². The summed E-state index contributed by atoms with van der Waals surface area (Å²) in [6.07, 6.45) is 6.80. The smallest absolute Gasteiger partial charge is 0.0369 e. The molecule has 0 aromatic heterocycles. The van der Waals surface area contributed by atoms with Gasteiger partial charge < -0.3 is 10.6 Å². The first-order chi connectivity index (χ1) is 8.74. The molecule has 1 aliphatic rings. The van der Waals surface area contributed by atoms with Crippen LogP contribution in [0.2, 0.25) is 0 Å². The lowest BCUT2D eigenvalue weighted by Crippen LogP contribution is -2.35. The first-order valence-electron chi connectivity index (χ1n) is 7.26. The molecule has 0 aliphatic heterocycles. The fourth-order valence-electron chi connectivity index (χ4n) is 3.05. The van der Waals surface area contributed by atoms with Crippen LogP contribution < -0.4 is 10.6 Å². The molecule has 1 aliphatic carbocycles. The number of nitrogens with zero attached hydrogens (tertiary/aromatic N) is 1. The molecular formula is C16H26N2. The molecule has 2 rings (SSSR count). The molecule has 0 heterocycles. The highest BCUT2D eigenvalue weighted by Crippen LogP contribution is 2.31. The third-order valence-corrected chi connectivity index (χ3v) is 4.49. The molecule has 0 unspecified atom stereocenters. The number of anilines is 1. The molecule has 0 spiro atoms. The van der Waals surface area contributed by atoms with Gasteiger partial charge in [-0.25, -0.2) is 0 Å². The normalized spacial score (nSPS) is 23.9. The summed E-state index contributed by atoms with van der Waals surface area (Å²) in [4.78, 5) is 2.45. The van der Waals surface area contributed by atoms with Crippen molar-refractivity contribution in [2.24, 2.45) is 11.7 Å². The SMILES string of the molecule is CCC1CCC(N(C)c2cccc(CN)c2)CC1. The molecule has 1 aromatic rings. The van der Waals surface area contributed by atoms with Crippen LogP contribution in [0.15, 0.2) is 24.3 Å². The van der Waals surface area contributed by atoms with Crippen LogP contribution >= 0.6 is 0 Å². The van der Waals surface area contributed by atoms with E-state index in [0.717, 1.165) is 5.92 Å². The number of rotatable bonds is 4. The average Bonchev–Trinajstić information content (AvgIpc) is 2.46. The Balaban J connectivity index is 2.00. The fraction of sp³-hybridized carbons (Fsp3) is 0.625. The van der Waals surface area contributed by atoms with Gasteiger partial charge in [-0.3, -0.25) is 0 Å². The van der Waals surface area contributed by atoms with Crippen molar-refractivity contribution < 1.29 is 0 Å². The maximum absolute atomic E-state index is 5.72. The monoisotopic (exact) mass is 246 g/mol. The van der Waals surface area contributed by atoms with E-state index in [1.165, 1.54) is 43.4 Å². The molecular weight excluding hydrogens is 220 g/mol. The van der Waals surface area contributed by atoms with Crippen molar-refractivity contribution in [2.75, 3.05) is 11.9 Å². The second-order valence-corrected chi connectivity index (χ2v) is 5.57. The second kappa shape index (κ2) is 6.24. The van der Waals surface area contributed by atoms with Crippen molar-refractivity contribution in [3.05, 3.63) is 29.8 Å². The van der Waals surface area contributed by atoms with E-state index in [1.54, 1.807) is 0 Å². The molecule has 0 atom stereocenters. The van der Waals surface area contributed by atoms with Crippen molar-refractivity contribution >= 4 is 5.69 Å². The Morgan fingerprint density at radius 2 is 1.94 bits per heavy atom. The summed E-state index contributed by atoms with van der Waals surface area (Å²) in [6, 6.07) is 9.36. The second-order valence-electron chi connectivity index (χ2n) is 5.57. The molecule has 1 aromatic carbocycles. The number of hydrogen-bond acceptors (Lipinski definition) is 2. The van der Waals surface area contributed by atoms with E-state index < -0.39 is 0 Å². The van der Waals surface area contributed by atoms with Crippen LogP contribution in [0, 0.1) is 5.92 Å². The zero-order valence-electron chi connectivity index (χ0n) is 11.7. The highest BCUT2D eigenvalue weighted by molar-refractivity contribution is 5.48. The van der Waals surface area contributed by atoms with Crippen molar-refractivity contribution in [3.63, 3.8) is 0 Å². The lowest BCUT2D eigenvalue weighted by molar-refractivity contribution is 0.313. The van der Waals surface area contributed by atoms with Crippen molar-refractivity contribution in [1.82, 2.24) is 0 Å². The Labute approximate surface area is 111 Å². The van der Waals surface area contributed by atoms with Gasteiger partial charge in [0.2, 0.25) is 0 Å². The maximum Gasteiger partial charge on any atom is 0.0369 e. The summed E-state index contributed by atoms with van der Waals surface area (Å²) < 4.78 is 0. The topological polar surface area (TPSA) is 29.3 Å². The van der Waals surface area contributed by atoms with E-state index in [-0.39, 0.29) is 0 Å². The number of benzene rings is 1. The van der Waals surface area contributed by atoms with E-state index >= 15 is 0 Å². The molecule has 18 heavy (non-hydrogen) atoms. The van der Waals surface area contributed by atoms with Gasteiger partial charge in [0.15, 0.2) is 0 Å². The highest BCUT2D eigenvalue weighted by Gasteiger charge is 2.23. The third kappa shape index (κ3) is 3.05. The number of hydrogen-bond donors (Lipinski definition) is 1. The van der Waals surface area contributed by atoms with Gasteiger partial charge in [0.25, 0.3) is 0 Å². The number of nitrogens with two attached hydrogens (primary N) is 1. The quantitative estimate of drug-likeness (QED) is 0.880. The van der Waals surface area contributed by atoms with Crippen LogP contribution in [0.3, 0.4) is 0 Å². The van der Waals surface area contributed by atoms with Crippen LogP contribution in [0.4, 0.5) is 5.69 Å². The van der Waals surface area contributed by atoms with Gasteiger partial charge >= 0.3 is 0 Å². The van der Waals surface area contributed by atoms with Crippen LogP contribution in [0.25, 0.3) is 0 Å². The van der Waals surface area contributed by atoms with E-state index in [0.29, 0.717) is 12.6 Å². The van der Waals surface area contributed by atoms with Crippen LogP contribution in [0.1, 0.15) is 44.6 Å². The van der Waals surface area contributed by atoms with Crippen LogP contribution in [-0.2, 0) is 6.54 Å². The minimum atomic E-state index is 0.629. The molecule has 1 saturated carbocycles.